The van der Waals surface area contributed by atoms with E-state index in [4.69, 9.17) is 9.47 Å². The molecular formula is C14H10F9NO4. The summed E-state index contributed by atoms with van der Waals surface area (Å²) in [6.45, 7) is 0. The highest BCUT2D eigenvalue weighted by molar-refractivity contribution is 5.98. The van der Waals surface area contributed by atoms with Gasteiger partial charge in [-0.2, -0.15) is 39.5 Å². The normalized spacial score (nSPS) is 25.2. The first-order valence-corrected chi connectivity index (χ1v) is 7.03. The van der Waals surface area contributed by atoms with E-state index in [0.717, 1.165) is 25.3 Å². The fraction of sp³-hybridized carbons (Fsp3) is 0.500. The minimum atomic E-state index is -6.76. The second-order valence-electron chi connectivity index (χ2n) is 5.46. The molecule has 2 rings (SSSR count). The minimum absolute atomic E-state index is 0.0912. The first-order chi connectivity index (χ1) is 12.6. The van der Waals surface area contributed by atoms with E-state index in [9.17, 15) is 44.3 Å². The van der Waals surface area contributed by atoms with Gasteiger partial charge in [0.15, 0.2) is 0 Å². The van der Waals surface area contributed by atoms with E-state index < -0.39 is 41.3 Å². The number of hydrogen-bond donors (Lipinski definition) is 1. The van der Waals surface area contributed by atoms with Gasteiger partial charge >= 0.3 is 35.6 Å². The van der Waals surface area contributed by atoms with Crippen molar-refractivity contribution in [3.05, 3.63) is 18.2 Å². The highest BCUT2D eigenvalue weighted by Gasteiger charge is 2.96. The smallest absolute Gasteiger partial charge is 0.428 e. The Labute approximate surface area is 150 Å². The third kappa shape index (κ3) is 2.72. The highest BCUT2D eigenvalue weighted by Crippen LogP contribution is 2.64. The van der Waals surface area contributed by atoms with Gasteiger partial charge in [0.05, 0.1) is 19.9 Å². The number of nitrogens with one attached hydrogen (secondary N) is 1. The lowest BCUT2D eigenvalue weighted by atomic mass is 9.99. The average Bonchev–Trinajstić information content (AvgIpc) is 2.69. The Hall–Kier alpha value is -2.38. The van der Waals surface area contributed by atoms with Crippen LogP contribution in [-0.2, 0) is 9.53 Å². The predicted molar refractivity (Wildman–Crippen MR) is 72.9 cm³/mol. The van der Waals surface area contributed by atoms with Crippen LogP contribution < -0.4 is 14.8 Å². The minimum Gasteiger partial charge on any atom is -0.497 e. The van der Waals surface area contributed by atoms with E-state index >= 15 is 0 Å². The lowest BCUT2D eigenvalue weighted by molar-refractivity contribution is -0.366. The van der Waals surface area contributed by atoms with Crippen molar-refractivity contribution in [2.75, 3.05) is 19.5 Å². The summed E-state index contributed by atoms with van der Waals surface area (Å²) in [5, 5.41) is 1.23. The van der Waals surface area contributed by atoms with E-state index in [1.165, 1.54) is 12.4 Å². The lowest BCUT2D eigenvalue weighted by Gasteiger charge is -2.31. The summed E-state index contributed by atoms with van der Waals surface area (Å²) >= 11 is 0. The van der Waals surface area contributed by atoms with Crippen LogP contribution in [0.2, 0.25) is 0 Å². The summed E-state index contributed by atoms with van der Waals surface area (Å²) in [5.74, 6) is -29.2. The number of hydrogen-bond acceptors (Lipinski definition) is 4. The number of benzene rings is 1. The molecule has 0 saturated carbocycles. The first-order valence-electron chi connectivity index (χ1n) is 7.03. The molecular weight excluding hydrogens is 417 g/mol. The van der Waals surface area contributed by atoms with E-state index in [-0.39, 0.29) is 11.5 Å². The van der Waals surface area contributed by atoms with Crippen LogP contribution in [0.3, 0.4) is 0 Å². The number of anilines is 1. The summed E-state index contributed by atoms with van der Waals surface area (Å²) in [5.41, 5.74) is -0.656. The van der Waals surface area contributed by atoms with Crippen molar-refractivity contribution < 1.29 is 58.5 Å². The number of halogens is 9. The molecule has 158 valence electrons. The number of amides is 1. The van der Waals surface area contributed by atoms with Crippen LogP contribution in [0.5, 0.6) is 11.5 Å². The number of ether oxygens (including phenoxy) is 3. The number of rotatable bonds is 5. The van der Waals surface area contributed by atoms with Crippen LogP contribution in [-0.4, -0.2) is 49.9 Å². The fourth-order valence-electron chi connectivity index (χ4n) is 2.20. The number of carbonyl (C=O) groups is 1. The summed E-state index contributed by atoms with van der Waals surface area (Å²) in [7, 11) is 2.20. The molecule has 0 aromatic heterocycles. The van der Waals surface area contributed by atoms with Crippen LogP contribution in [0.1, 0.15) is 0 Å². The zero-order chi connectivity index (χ0) is 21.8. The Kier molecular flexibility index (Phi) is 4.95. The number of carbonyl (C=O) groups excluding carboxylic acids is 1. The van der Waals surface area contributed by atoms with Gasteiger partial charge in [0.2, 0.25) is 0 Å². The standard InChI is InChI=1S/C14H10F9NO4/c1-26-6-3-4-7(8(5-6)27-2)24-9(25)10(15,16)13(21)11(17,18)12(19,20)14(22,23)28-13/h3-5H,1-2H3,(H,24,25)/t13-/m0/s1. The Morgan fingerprint density at radius 2 is 1.57 bits per heavy atom. The second kappa shape index (κ2) is 6.32. The van der Waals surface area contributed by atoms with Crippen molar-refractivity contribution in [3.63, 3.8) is 0 Å². The van der Waals surface area contributed by atoms with Crippen molar-refractivity contribution in [2.24, 2.45) is 0 Å². The van der Waals surface area contributed by atoms with Crippen molar-refractivity contribution >= 4 is 11.6 Å². The Bertz CT molecular complexity index is 786. The van der Waals surface area contributed by atoms with E-state index in [0.29, 0.717) is 0 Å². The van der Waals surface area contributed by atoms with Crippen molar-refractivity contribution in [2.45, 2.75) is 29.7 Å². The zero-order valence-corrected chi connectivity index (χ0v) is 13.8. The molecule has 1 aromatic carbocycles. The first kappa shape index (κ1) is 21.9. The summed E-state index contributed by atoms with van der Waals surface area (Å²) < 4.78 is 133. The molecule has 1 fully saturated rings. The van der Waals surface area contributed by atoms with Crippen LogP contribution in [0.4, 0.5) is 45.2 Å². The Morgan fingerprint density at radius 1 is 1.00 bits per heavy atom. The highest BCUT2D eigenvalue weighted by atomic mass is 19.4. The molecule has 14 heteroatoms. The summed E-state index contributed by atoms with van der Waals surface area (Å²) in [4.78, 5) is 11.7. The second-order valence-corrected chi connectivity index (χ2v) is 5.46. The maximum atomic E-state index is 14.1. The van der Waals surface area contributed by atoms with Gasteiger partial charge in [-0.3, -0.25) is 9.53 Å². The number of alkyl halides is 9. The van der Waals surface area contributed by atoms with Gasteiger partial charge in [-0.25, -0.2) is 0 Å². The van der Waals surface area contributed by atoms with Gasteiger partial charge < -0.3 is 14.8 Å². The summed E-state index contributed by atoms with van der Waals surface area (Å²) in [6, 6.07) is 2.96. The Morgan fingerprint density at radius 3 is 2.00 bits per heavy atom. The maximum Gasteiger partial charge on any atom is 0.428 e. The molecule has 5 nitrogen and oxygen atoms in total. The fourth-order valence-corrected chi connectivity index (χ4v) is 2.20. The molecule has 1 aromatic rings. The molecule has 0 radical (unpaired) electrons. The molecule has 1 amide bonds. The SMILES string of the molecule is COc1ccc(NC(=O)C(F)(F)[C@]2(F)OC(F)(F)C(F)(F)C2(F)F)c(OC)c1. The van der Waals surface area contributed by atoms with E-state index in [2.05, 4.69) is 4.74 Å². The van der Waals surface area contributed by atoms with Gasteiger partial charge in [-0.05, 0) is 12.1 Å². The lowest BCUT2D eigenvalue weighted by Crippen LogP contribution is -2.63. The van der Waals surface area contributed by atoms with Gasteiger partial charge in [-0.15, -0.1) is 0 Å². The predicted octanol–water partition coefficient (Wildman–Crippen LogP) is 3.84. The molecule has 1 aliphatic rings. The van der Waals surface area contributed by atoms with Gasteiger partial charge in [-0.1, -0.05) is 0 Å². The third-order valence-corrected chi connectivity index (χ3v) is 3.78. The van der Waals surface area contributed by atoms with Crippen LogP contribution in [0, 0.1) is 0 Å². The van der Waals surface area contributed by atoms with Crippen molar-refractivity contribution in [3.8, 4) is 11.5 Å². The van der Waals surface area contributed by atoms with Crippen LogP contribution in [0.25, 0.3) is 0 Å². The third-order valence-electron chi connectivity index (χ3n) is 3.78. The number of methoxy groups -OCH3 is 2. The molecule has 1 aliphatic heterocycles. The quantitative estimate of drug-likeness (QED) is 0.726. The van der Waals surface area contributed by atoms with Crippen LogP contribution >= 0.6 is 0 Å². The molecule has 1 saturated heterocycles. The topological polar surface area (TPSA) is 56.8 Å². The molecule has 1 heterocycles. The monoisotopic (exact) mass is 427 g/mol. The van der Waals surface area contributed by atoms with E-state index in [1.54, 1.807) is 0 Å². The molecule has 0 aliphatic carbocycles. The molecule has 28 heavy (non-hydrogen) atoms. The molecule has 0 bridgehead atoms. The van der Waals surface area contributed by atoms with E-state index in [1.807, 2.05) is 0 Å². The zero-order valence-electron chi connectivity index (χ0n) is 13.8. The van der Waals surface area contributed by atoms with Crippen LogP contribution in [0.15, 0.2) is 18.2 Å². The molecule has 0 spiro atoms. The molecule has 1 atom stereocenters. The molecule has 1 N–H and O–H groups in total. The van der Waals surface area contributed by atoms with Gasteiger partial charge in [0.1, 0.15) is 11.5 Å². The van der Waals surface area contributed by atoms with Crippen molar-refractivity contribution in [1.82, 2.24) is 0 Å². The Balaban J connectivity index is 2.43. The average molecular weight is 427 g/mol. The van der Waals surface area contributed by atoms with Gasteiger partial charge in [0, 0.05) is 6.07 Å². The molecule has 0 unspecified atom stereocenters. The van der Waals surface area contributed by atoms with Gasteiger partial charge in [0.25, 0.3) is 0 Å². The van der Waals surface area contributed by atoms with Crippen molar-refractivity contribution in [1.29, 1.82) is 0 Å². The maximum absolute atomic E-state index is 14.1. The largest absolute Gasteiger partial charge is 0.497 e. The summed E-state index contributed by atoms with van der Waals surface area (Å²) in [6.07, 6.45) is -6.31.